The van der Waals surface area contributed by atoms with Crippen molar-refractivity contribution in [1.29, 1.82) is 0 Å². The minimum Gasteiger partial charge on any atom is -0.406 e. The molecule has 1 amide bonds. The number of anilines is 2. The number of nitrogens with zero attached hydrogens (tertiary/aromatic N) is 3. The zero-order chi connectivity index (χ0) is 22.9. The van der Waals surface area contributed by atoms with E-state index >= 15 is 0 Å². The van der Waals surface area contributed by atoms with Gasteiger partial charge in [-0.05, 0) is 41.8 Å². The highest BCUT2D eigenvalue weighted by molar-refractivity contribution is 6.05. The highest BCUT2D eigenvalue weighted by Crippen LogP contribution is 2.38. The summed E-state index contributed by atoms with van der Waals surface area (Å²) in [6, 6.07) is 10.4. The van der Waals surface area contributed by atoms with Crippen molar-refractivity contribution in [3.63, 3.8) is 0 Å². The molecule has 0 aliphatic carbocycles. The SMILES string of the molecule is CC1(C)CN(c2ncc(C(=O)Nc3ccc(OC(F)(F)F)cc3)cc2-c2cccnc2)C1. The molecular formula is C23H21F3N4O2. The van der Waals surface area contributed by atoms with Gasteiger partial charge < -0.3 is 15.0 Å². The van der Waals surface area contributed by atoms with E-state index in [2.05, 4.69) is 38.8 Å². The first kappa shape index (κ1) is 21.6. The van der Waals surface area contributed by atoms with Crippen LogP contribution in [0.4, 0.5) is 24.7 Å². The quantitative estimate of drug-likeness (QED) is 0.593. The number of halogens is 3. The maximum Gasteiger partial charge on any atom is 0.573 e. The molecule has 0 saturated carbocycles. The lowest BCUT2D eigenvalue weighted by molar-refractivity contribution is -0.274. The first-order chi connectivity index (χ1) is 15.1. The first-order valence-electron chi connectivity index (χ1n) is 9.92. The van der Waals surface area contributed by atoms with Crippen molar-refractivity contribution in [2.75, 3.05) is 23.3 Å². The van der Waals surface area contributed by atoms with Gasteiger partial charge in [-0.1, -0.05) is 19.9 Å². The number of pyridine rings is 2. The number of nitrogens with one attached hydrogen (secondary N) is 1. The van der Waals surface area contributed by atoms with Crippen LogP contribution in [0.2, 0.25) is 0 Å². The lowest BCUT2D eigenvalue weighted by Gasteiger charge is -2.47. The van der Waals surface area contributed by atoms with Crippen molar-refractivity contribution in [3.05, 3.63) is 66.6 Å². The summed E-state index contributed by atoms with van der Waals surface area (Å²) < 4.78 is 40.8. The van der Waals surface area contributed by atoms with Crippen LogP contribution in [-0.4, -0.2) is 35.3 Å². The Morgan fingerprint density at radius 3 is 2.44 bits per heavy atom. The van der Waals surface area contributed by atoms with E-state index in [-0.39, 0.29) is 11.2 Å². The number of amides is 1. The Morgan fingerprint density at radius 2 is 1.84 bits per heavy atom. The molecule has 9 heteroatoms. The maximum absolute atomic E-state index is 12.8. The fourth-order valence-electron chi connectivity index (χ4n) is 3.65. The standard InChI is InChI=1S/C23H21F3N4O2/c1-22(2)13-30(14-22)20-19(15-4-3-9-27-11-15)10-16(12-28-20)21(31)29-17-5-7-18(8-6-17)32-23(24,25)26/h3-12H,13-14H2,1-2H3,(H,29,31). The molecule has 0 spiro atoms. The van der Waals surface area contributed by atoms with E-state index in [1.807, 2.05) is 12.1 Å². The molecule has 6 nitrogen and oxygen atoms in total. The number of hydrogen-bond acceptors (Lipinski definition) is 5. The van der Waals surface area contributed by atoms with E-state index in [0.717, 1.165) is 42.2 Å². The summed E-state index contributed by atoms with van der Waals surface area (Å²) in [6.07, 6.45) is 0.113. The third-order valence-electron chi connectivity index (χ3n) is 4.98. The third kappa shape index (κ3) is 4.99. The Kier molecular flexibility index (Phi) is 5.50. The smallest absolute Gasteiger partial charge is 0.406 e. The molecule has 4 rings (SSSR count). The normalized spacial score (nSPS) is 15.1. The van der Waals surface area contributed by atoms with Gasteiger partial charge in [-0.15, -0.1) is 13.2 Å². The zero-order valence-corrected chi connectivity index (χ0v) is 17.5. The van der Waals surface area contributed by atoms with Crippen LogP contribution in [0, 0.1) is 5.41 Å². The molecule has 1 saturated heterocycles. The lowest BCUT2D eigenvalue weighted by Crippen LogP contribution is -2.53. The molecule has 0 radical (unpaired) electrons. The number of benzene rings is 1. The summed E-state index contributed by atoms with van der Waals surface area (Å²) in [4.78, 5) is 23.7. The van der Waals surface area contributed by atoms with Gasteiger partial charge in [0.1, 0.15) is 11.6 Å². The van der Waals surface area contributed by atoms with Crippen LogP contribution in [0.5, 0.6) is 5.75 Å². The molecule has 32 heavy (non-hydrogen) atoms. The Hall–Kier alpha value is -3.62. The van der Waals surface area contributed by atoms with Gasteiger partial charge in [0.15, 0.2) is 0 Å². The molecule has 1 aromatic carbocycles. The second kappa shape index (κ2) is 8.14. The minimum absolute atomic E-state index is 0.200. The molecule has 166 valence electrons. The topological polar surface area (TPSA) is 67.4 Å². The summed E-state index contributed by atoms with van der Waals surface area (Å²) in [6.45, 7) is 6.07. The minimum atomic E-state index is -4.77. The molecule has 0 atom stereocenters. The van der Waals surface area contributed by atoms with Crippen LogP contribution in [0.15, 0.2) is 61.1 Å². The maximum atomic E-state index is 12.8. The van der Waals surface area contributed by atoms with E-state index < -0.39 is 12.3 Å². The number of rotatable bonds is 5. The number of alkyl halides is 3. The van der Waals surface area contributed by atoms with Crippen LogP contribution in [-0.2, 0) is 0 Å². The molecule has 0 bridgehead atoms. The first-order valence-corrected chi connectivity index (χ1v) is 9.92. The summed E-state index contributed by atoms with van der Waals surface area (Å²) in [5.74, 6) is -0.0111. The van der Waals surface area contributed by atoms with Gasteiger partial charge in [-0.3, -0.25) is 9.78 Å². The highest BCUT2D eigenvalue weighted by atomic mass is 19.4. The summed E-state index contributed by atoms with van der Waals surface area (Å²) >= 11 is 0. The van der Waals surface area contributed by atoms with Gasteiger partial charge >= 0.3 is 6.36 Å². The van der Waals surface area contributed by atoms with Crippen molar-refractivity contribution in [1.82, 2.24) is 9.97 Å². The van der Waals surface area contributed by atoms with Crippen molar-refractivity contribution in [2.24, 2.45) is 5.41 Å². The molecule has 3 aromatic rings. The third-order valence-corrected chi connectivity index (χ3v) is 4.98. The van der Waals surface area contributed by atoms with E-state index in [1.54, 1.807) is 18.5 Å². The van der Waals surface area contributed by atoms with Crippen LogP contribution in [0.3, 0.4) is 0 Å². The average Bonchev–Trinajstić information content (AvgIpc) is 2.72. The molecule has 1 N–H and O–H groups in total. The van der Waals surface area contributed by atoms with E-state index in [1.165, 1.54) is 18.3 Å². The van der Waals surface area contributed by atoms with Crippen LogP contribution >= 0.6 is 0 Å². The number of carbonyl (C=O) groups is 1. The van der Waals surface area contributed by atoms with Crippen molar-refractivity contribution < 1.29 is 22.7 Å². The molecule has 1 aliphatic rings. The fourth-order valence-corrected chi connectivity index (χ4v) is 3.65. The molecular weight excluding hydrogens is 421 g/mol. The predicted molar refractivity (Wildman–Crippen MR) is 115 cm³/mol. The average molecular weight is 442 g/mol. The molecule has 1 fully saturated rings. The predicted octanol–water partition coefficient (Wildman–Crippen LogP) is 5.14. The Bertz CT molecular complexity index is 1110. The highest BCUT2D eigenvalue weighted by Gasteiger charge is 2.36. The lowest BCUT2D eigenvalue weighted by atomic mass is 9.84. The van der Waals surface area contributed by atoms with Crippen LogP contribution in [0.1, 0.15) is 24.2 Å². The molecule has 3 heterocycles. The van der Waals surface area contributed by atoms with Gasteiger partial charge in [-0.25, -0.2) is 4.98 Å². The van der Waals surface area contributed by atoms with E-state index in [4.69, 9.17) is 0 Å². The zero-order valence-electron chi connectivity index (χ0n) is 17.5. The Labute approximate surface area is 183 Å². The number of ether oxygens (including phenoxy) is 1. The Balaban J connectivity index is 1.56. The Morgan fingerprint density at radius 1 is 1.12 bits per heavy atom. The number of hydrogen-bond donors (Lipinski definition) is 1. The van der Waals surface area contributed by atoms with Gasteiger partial charge in [0.05, 0.1) is 5.56 Å². The number of carbonyl (C=O) groups excluding carboxylic acids is 1. The molecule has 2 aromatic heterocycles. The second-order valence-electron chi connectivity index (χ2n) is 8.38. The van der Waals surface area contributed by atoms with Crippen molar-refractivity contribution in [3.8, 4) is 16.9 Å². The largest absolute Gasteiger partial charge is 0.573 e. The van der Waals surface area contributed by atoms with Gasteiger partial charge in [-0.2, -0.15) is 0 Å². The van der Waals surface area contributed by atoms with Crippen LogP contribution < -0.4 is 15.0 Å². The fraction of sp³-hybridized carbons (Fsp3) is 0.261. The molecule has 0 unspecified atom stereocenters. The summed E-state index contributed by atoms with van der Waals surface area (Å²) in [7, 11) is 0. The van der Waals surface area contributed by atoms with E-state index in [0.29, 0.717) is 11.3 Å². The monoisotopic (exact) mass is 442 g/mol. The summed E-state index contributed by atoms with van der Waals surface area (Å²) in [5.41, 5.74) is 2.48. The van der Waals surface area contributed by atoms with E-state index in [9.17, 15) is 18.0 Å². The van der Waals surface area contributed by atoms with Crippen molar-refractivity contribution >= 4 is 17.4 Å². The number of aromatic nitrogens is 2. The van der Waals surface area contributed by atoms with Crippen LogP contribution in [0.25, 0.3) is 11.1 Å². The van der Waals surface area contributed by atoms with Gasteiger partial charge in [0.25, 0.3) is 5.91 Å². The second-order valence-corrected chi connectivity index (χ2v) is 8.38. The molecule has 1 aliphatic heterocycles. The van der Waals surface area contributed by atoms with Gasteiger partial charge in [0.2, 0.25) is 0 Å². The summed E-state index contributed by atoms with van der Waals surface area (Å²) in [5, 5.41) is 2.67. The van der Waals surface area contributed by atoms with Gasteiger partial charge in [0, 0.05) is 48.5 Å². The van der Waals surface area contributed by atoms with Crippen molar-refractivity contribution in [2.45, 2.75) is 20.2 Å².